The Bertz CT molecular complexity index is 582. The molecule has 0 saturated carbocycles. The van der Waals surface area contributed by atoms with Crippen LogP contribution in [0.2, 0.25) is 20.1 Å². The monoisotopic (exact) mass is 334 g/mol. The largest absolute Gasteiger partial charge is 0.454 e. The second-order valence-corrected chi connectivity index (χ2v) is 5.64. The lowest BCUT2D eigenvalue weighted by Crippen LogP contribution is -1.90. The van der Waals surface area contributed by atoms with Gasteiger partial charge in [-0.3, -0.25) is 0 Å². The van der Waals surface area contributed by atoms with Crippen LogP contribution in [-0.4, -0.2) is 0 Å². The number of hydrogen-bond acceptors (Lipinski definition) is 1. The van der Waals surface area contributed by atoms with E-state index in [4.69, 9.17) is 51.1 Å². The summed E-state index contributed by atoms with van der Waals surface area (Å²) in [5.74, 6) is 1.01. The van der Waals surface area contributed by atoms with Crippen LogP contribution >= 0.6 is 46.4 Å². The van der Waals surface area contributed by atoms with Crippen molar-refractivity contribution in [3.63, 3.8) is 0 Å². The lowest BCUT2D eigenvalue weighted by atomic mass is 10.2. The van der Waals surface area contributed by atoms with E-state index in [9.17, 15) is 0 Å². The minimum absolute atomic E-state index is 0.469. The summed E-state index contributed by atoms with van der Waals surface area (Å²) in [6, 6.07) is 6.87. The molecule has 0 aliphatic rings. The van der Waals surface area contributed by atoms with Gasteiger partial charge in [0.2, 0.25) is 0 Å². The van der Waals surface area contributed by atoms with Gasteiger partial charge < -0.3 is 4.74 Å². The van der Waals surface area contributed by atoms with Gasteiger partial charge in [-0.2, -0.15) is 0 Å². The van der Waals surface area contributed by atoms with Crippen LogP contribution in [0.25, 0.3) is 0 Å². The zero-order chi connectivity index (χ0) is 14.2. The summed E-state index contributed by atoms with van der Waals surface area (Å²) in [6.45, 7) is 3.65. The first-order valence-electron chi connectivity index (χ1n) is 5.49. The van der Waals surface area contributed by atoms with Gasteiger partial charge in [0.05, 0.1) is 10.0 Å². The van der Waals surface area contributed by atoms with Crippen LogP contribution in [0.4, 0.5) is 0 Å². The minimum Gasteiger partial charge on any atom is -0.454 e. The Morgan fingerprint density at radius 2 is 1.05 bits per heavy atom. The number of hydrogen-bond donors (Lipinski definition) is 0. The molecule has 5 heteroatoms. The molecule has 2 aromatic carbocycles. The quantitative estimate of drug-likeness (QED) is 0.592. The summed E-state index contributed by atoms with van der Waals surface area (Å²) in [4.78, 5) is 0. The van der Waals surface area contributed by atoms with E-state index in [1.54, 1.807) is 24.3 Å². The maximum absolute atomic E-state index is 6.19. The molecule has 0 fully saturated rings. The Morgan fingerprint density at radius 1 is 0.684 bits per heavy atom. The molecule has 0 saturated heterocycles. The third-order valence-corrected chi connectivity index (χ3v) is 4.55. The maximum atomic E-state index is 6.19. The van der Waals surface area contributed by atoms with Crippen LogP contribution in [0.15, 0.2) is 24.3 Å². The molecular weight excluding hydrogens is 326 g/mol. The van der Waals surface area contributed by atoms with E-state index < -0.39 is 0 Å². The van der Waals surface area contributed by atoms with Crippen molar-refractivity contribution in [2.75, 3.05) is 0 Å². The molecule has 0 unspecified atom stereocenters. The van der Waals surface area contributed by atoms with Crippen LogP contribution in [0, 0.1) is 13.8 Å². The second kappa shape index (κ2) is 5.80. The fourth-order valence-electron chi connectivity index (χ4n) is 1.55. The van der Waals surface area contributed by atoms with Crippen LogP contribution in [0.1, 0.15) is 11.1 Å². The molecule has 2 aromatic rings. The highest BCUT2D eigenvalue weighted by Crippen LogP contribution is 2.39. The Morgan fingerprint density at radius 3 is 1.42 bits per heavy atom. The number of benzene rings is 2. The average molecular weight is 336 g/mol. The van der Waals surface area contributed by atoms with Crippen molar-refractivity contribution in [1.82, 2.24) is 0 Å². The SMILES string of the molecule is Cc1c(Cl)ccc(Oc2ccc(Cl)c(C)c2Cl)c1Cl. The smallest absolute Gasteiger partial charge is 0.146 e. The van der Waals surface area contributed by atoms with E-state index in [1.807, 2.05) is 13.8 Å². The van der Waals surface area contributed by atoms with Gasteiger partial charge in [-0.1, -0.05) is 46.4 Å². The number of ether oxygens (including phenoxy) is 1. The van der Waals surface area contributed by atoms with Gasteiger partial charge in [0.15, 0.2) is 0 Å². The molecule has 0 atom stereocenters. The average Bonchev–Trinajstić information content (AvgIpc) is 2.39. The molecule has 0 aromatic heterocycles. The molecule has 0 bridgehead atoms. The normalized spacial score (nSPS) is 10.6. The van der Waals surface area contributed by atoms with Crippen molar-refractivity contribution < 1.29 is 4.74 Å². The summed E-state index contributed by atoms with van der Waals surface area (Å²) in [7, 11) is 0. The van der Waals surface area contributed by atoms with Gasteiger partial charge in [0.1, 0.15) is 11.5 Å². The third kappa shape index (κ3) is 2.95. The topological polar surface area (TPSA) is 9.23 Å². The summed E-state index contributed by atoms with van der Waals surface area (Å²) in [5.41, 5.74) is 1.53. The number of rotatable bonds is 2. The van der Waals surface area contributed by atoms with Crippen molar-refractivity contribution in [2.24, 2.45) is 0 Å². The van der Waals surface area contributed by atoms with Gasteiger partial charge in [-0.05, 0) is 49.2 Å². The third-order valence-electron chi connectivity index (χ3n) is 2.79. The molecule has 0 aliphatic heterocycles. The molecule has 0 aliphatic carbocycles. The molecule has 0 heterocycles. The molecule has 100 valence electrons. The highest BCUT2D eigenvalue weighted by molar-refractivity contribution is 6.37. The van der Waals surface area contributed by atoms with Crippen LogP contribution < -0.4 is 4.74 Å². The van der Waals surface area contributed by atoms with E-state index in [2.05, 4.69) is 0 Å². The predicted octanol–water partition coefficient (Wildman–Crippen LogP) is 6.71. The zero-order valence-electron chi connectivity index (χ0n) is 10.2. The highest BCUT2D eigenvalue weighted by atomic mass is 35.5. The molecule has 2 rings (SSSR count). The van der Waals surface area contributed by atoms with Crippen molar-refractivity contribution in [2.45, 2.75) is 13.8 Å². The highest BCUT2D eigenvalue weighted by Gasteiger charge is 2.13. The lowest BCUT2D eigenvalue weighted by molar-refractivity contribution is 0.482. The Hall–Kier alpha value is -0.600. The number of halogens is 4. The van der Waals surface area contributed by atoms with Crippen LogP contribution in [0.5, 0.6) is 11.5 Å². The summed E-state index contributed by atoms with van der Waals surface area (Å²) in [6.07, 6.45) is 0. The molecular formula is C14H10Cl4O. The summed E-state index contributed by atoms with van der Waals surface area (Å²) in [5, 5.41) is 2.12. The Kier molecular flexibility index (Phi) is 4.52. The van der Waals surface area contributed by atoms with E-state index in [1.165, 1.54) is 0 Å². The van der Waals surface area contributed by atoms with Crippen molar-refractivity contribution >= 4 is 46.4 Å². The Balaban J connectivity index is 2.43. The first-order valence-corrected chi connectivity index (χ1v) is 7.00. The van der Waals surface area contributed by atoms with Gasteiger partial charge in [-0.15, -0.1) is 0 Å². The van der Waals surface area contributed by atoms with Crippen LogP contribution in [0.3, 0.4) is 0 Å². The first kappa shape index (κ1) is 14.8. The summed E-state index contributed by atoms with van der Waals surface area (Å²) >= 11 is 24.4. The van der Waals surface area contributed by atoms with Crippen LogP contribution in [-0.2, 0) is 0 Å². The minimum atomic E-state index is 0.469. The van der Waals surface area contributed by atoms with Crippen molar-refractivity contribution in [3.05, 3.63) is 55.5 Å². The lowest BCUT2D eigenvalue weighted by Gasteiger charge is -2.13. The maximum Gasteiger partial charge on any atom is 0.146 e. The van der Waals surface area contributed by atoms with Gasteiger partial charge >= 0.3 is 0 Å². The predicted molar refractivity (Wildman–Crippen MR) is 82.5 cm³/mol. The van der Waals surface area contributed by atoms with Gasteiger partial charge in [-0.25, -0.2) is 0 Å². The molecule has 1 nitrogen and oxygen atoms in total. The van der Waals surface area contributed by atoms with Gasteiger partial charge in [0.25, 0.3) is 0 Å². The molecule has 0 radical (unpaired) electrons. The van der Waals surface area contributed by atoms with E-state index in [-0.39, 0.29) is 0 Å². The molecule has 0 spiro atoms. The molecule has 19 heavy (non-hydrogen) atoms. The molecule has 0 amide bonds. The Labute approximate surface area is 132 Å². The van der Waals surface area contributed by atoms with E-state index in [0.29, 0.717) is 31.6 Å². The van der Waals surface area contributed by atoms with Crippen molar-refractivity contribution in [1.29, 1.82) is 0 Å². The van der Waals surface area contributed by atoms with E-state index in [0.717, 1.165) is 11.1 Å². The zero-order valence-corrected chi connectivity index (χ0v) is 13.3. The van der Waals surface area contributed by atoms with Gasteiger partial charge in [0, 0.05) is 10.0 Å². The first-order chi connectivity index (χ1) is 8.91. The summed E-state index contributed by atoms with van der Waals surface area (Å²) < 4.78 is 5.73. The fourth-order valence-corrected chi connectivity index (χ4v) is 2.37. The fraction of sp³-hybridized carbons (Fsp3) is 0.143. The standard InChI is InChI=1S/C14H10Cl4O/c1-7-9(15)3-5-11(13(7)17)19-12-6-4-10(16)8(2)14(12)18/h3-6H,1-2H3. The van der Waals surface area contributed by atoms with Crippen molar-refractivity contribution in [3.8, 4) is 11.5 Å². The molecule has 0 N–H and O–H groups in total. The van der Waals surface area contributed by atoms with E-state index >= 15 is 0 Å². The second-order valence-electron chi connectivity index (χ2n) is 4.07.